The average molecular weight is 415 g/mol. The van der Waals surface area contributed by atoms with E-state index in [0.717, 1.165) is 3.57 Å². The Bertz CT molecular complexity index is 659. The predicted molar refractivity (Wildman–Crippen MR) is 91.6 cm³/mol. The van der Waals surface area contributed by atoms with Gasteiger partial charge in [-0.3, -0.25) is 9.59 Å². The third kappa shape index (κ3) is 5.02. The van der Waals surface area contributed by atoms with Crippen LogP contribution < -0.4 is 10.6 Å². The summed E-state index contributed by atoms with van der Waals surface area (Å²) in [5.41, 5.74) is 1.16. The highest BCUT2D eigenvalue weighted by Gasteiger charge is 2.08. The minimum absolute atomic E-state index is 0.0903. The molecule has 0 spiro atoms. The lowest BCUT2D eigenvalue weighted by Crippen LogP contribution is -2.32. The second kappa shape index (κ2) is 7.42. The van der Waals surface area contributed by atoms with E-state index in [9.17, 15) is 9.59 Å². The van der Waals surface area contributed by atoms with Gasteiger partial charge in [-0.2, -0.15) is 0 Å². The third-order valence-electron chi connectivity index (χ3n) is 2.62. The first-order valence-corrected chi connectivity index (χ1v) is 7.59. The number of nitrogens with one attached hydrogen (secondary N) is 2. The fourth-order valence-corrected chi connectivity index (χ4v) is 2.30. The smallest absolute Gasteiger partial charge is 0.251 e. The molecule has 0 fully saturated rings. The molecule has 0 unspecified atom stereocenters. The molecule has 0 aromatic heterocycles. The zero-order valence-electron chi connectivity index (χ0n) is 10.9. The molecule has 0 aliphatic heterocycles. The van der Waals surface area contributed by atoms with Crippen LogP contribution >= 0.6 is 34.2 Å². The van der Waals surface area contributed by atoms with Crippen LogP contribution in [0.5, 0.6) is 0 Å². The zero-order chi connectivity index (χ0) is 15.2. The molecule has 0 bridgehead atoms. The summed E-state index contributed by atoms with van der Waals surface area (Å²) in [5, 5.41) is 5.83. The van der Waals surface area contributed by atoms with Crippen molar-refractivity contribution in [3.63, 3.8) is 0 Å². The number of anilines is 1. The van der Waals surface area contributed by atoms with Crippen molar-refractivity contribution in [3.8, 4) is 0 Å². The summed E-state index contributed by atoms with van der Waals surface area (Å²) >= 11 is 7.91. The van der Waals surface area contributed by atoms with Gasteiger partial charge in [0.25, 0.3) is 5.91 Å². The molecule has 0 aliphatic carbocycles. The largest absolute Gasteiger partial charge is 0.343 e. The second-order valence-electron chi connectivity index (χ2n) is 4.25. The molecule has 2 N–H and O–H groups in total. The molecule has 2 aromatic carbocycles. The molecule has 0 aliphatic rings. The Hall–Kier alpha value is -1.60. The molecule has 2 rings (SSSR count). The van der Waals surface area contributed by atoms with E-state index in [1.165, 1.54) is 0 Å². The van der Waals surface area contributed by atoms with Crippen molar-refractivity contribution in [2.75, 3.05) is 11.9 Å². The number of carbonyl (C=O) groups is 2. The van der Waals surface area contributed by atoms with Gasteiger partial charge in [-0.1, -0.05) is 17.7 Å². The minimum atomic E-state index is -0.315. The molecule has 0 heterocycles. The Morgan fingerprint density at radius 1 is 1.10 bits per heavy atom. The van der Waals surface area contributed by atoms with Crippen molar-refractivity contribution in [1.29, 1.82) is 0 Å². The van der Waals surface area contributed by atoms with Gasteiger partial charge in [0, 0.05) is 19.8 Å². The van der Waals surface area contributed by atoms with Gasteiger partial charge in [0.05, 0.1) is 6.54 Å². The molecule has 2 aromatic rings. The van der Waals surface area contributed by atoms with Gasteiger partial charge in [-0.15, -0.1) is 0 Å². The maximum absolute atomic E-state index is 11.8. The van der Waals surface area contributed by atoms with Gasteiger partial charge in [0.2, 0.25) is 5.91 Å². The van der Waals surface area contributed by atoms with Crippen molar-refractivity contribution in [3.05, 3.63) is 62.7 Å². The Morgan fingerprint density at radius 3 is 2.48 bits per heavy atom. The fraction of sp³-hybridized carbons (Fsp3) is 0.0667. The summed E-state index contributed by atoms with van der Waals surface area (Å²) in [5.74, 6) is -0.594. The number of halogens is 2. The number of benzene rings is 2. The van der Waals surface area contributed by atoms with Gasteiger partial charge in [-0.05, 0) is 65.1 Å². The maximum atomic E-state index is 11.8. The van der Waals surface area contributed by atoms with E-state index in [1.807, 2.05) is 18.2 Å². The highest BCUT2D eigenvalue weighted by Crippen LogP contribution is 2.12. The van der Waals surface area contributed by atoms with Crippen LogP contribution in [-0.4, -0.2) is 18.4 Å². The molecule has 6 heteroatoms. The lowest BCUT2D eigenvalue weighted by molar-refractivity contribution is -0.115. The lowest BCUT2D eigenvalue weighted by Gasteiger charge is -2.07. The van der Waals surface area contributed by atoms with Crippen LogP contribution in [0.15, 0.2) is 48.5 Å². The summed E-state index contributed by atoms with van der Waals surface area (Å²) in [7, 11) is 0. The van der Waals surface area contributed by atoms with Gasteiger partial charge in [-0.25, -0.2) is 0 Å². The lowest BCUT2D eigenvalue weighted by atomic mass is 10.2. The van der Waals surface area contributed by atoms with E-state index in [4.69, 9.17) is 11.6 Å². The van der Waals surface area contributed by atoms with Crippen LogP contribution in [0, 0.1) is 3.57 Å². The van der Waals surface area contributed by atoms with E-state index in [2.05, 4.69) is 33.2 Å². The number of carbonyl (C=O) groups excluding carboxylic acids is 2. The maximum Gasteiger partial charge on any atom is 0.251 e. The predicted octanol–water partition coefficient (Wildman–Crippen LogP) is 3.31. The van der Waals surface area contributed by atoms with Crippen molar-refractivity contribution in [2.24, 2.45) is 0 Å². The van der Waals surface area contributed by atoms with Crippen molar-refractivity contribution < 1.29 is 9.59 Å². The quantitative estimate of drug-likeness (QED) is 0.754. The van der Waals surface area contributed by atoms with E-state index in [0.29, 0.717) is 16.3 Å². The van der Waals surface area contributed by atoms with Crippen LogP contribution in [0.25, 0.3) is 0 Å². The van der Waals surface area contributed by atoms with Gasteiger partial charge < -0.3 is 10.6 Å². The molecule has 4 nitrogen and oxygen atoms in total. The highest BCUT2D eigenvalue weighted by atomic mass is 127. The van der Waals surface area contributed by atoms with Crippen LogP contribution in [0.3, 0.4) is 0 Å². The SMILES string of the molecule is O=C(CNC(=O)c1ccc(Cl)cc1)Nc1cccc(I)c1. The number of amides is 2. The summed E-state index contributed by atoms with van der Waals surface area (Å²) in [6, 6.07) is 13.9. The van der Waals surface area contributed by atoms with Crippen molar-refractivity contribution >= 4 is 51.7 Å². The standard InChI is InChI=1S/C15H12ClIN2O2/c16-11-6-4-10(5-7-11)15(21)18-9-14(20)19-13-3-1-2-12(17)8-13/h1-8H,9H2,(H,18,21)(H,19,20). The highest BCUT2D eigenvalue weighted by molar-refractivity contribution is 14.1. The van der Waals surface area contributed by atoms with Crippen molar-refractivity contribution in [2.45, 2.75) is 0 Å². The molecule has 21 heavy (non-hydrogen) atoms. The normalized spacial score (nSPS) is 10.0. The Morgan fingerprint density at radius 2 is 1.81 bits per heavy atom. The Kier molecular flexibility index (Phi) is 5.58. The number of hydrogen-bond donors (Lipinski definition) is 2. The summed E-state index contributed by atoms with van der Waals surface area (Å²) in [6.07, 6.45) is 0. The molecule has 108 valence electrons. The van der Waals surface area contributed by atoms with E-state index in [-0.39, 0.29) is 18.4 Å². The summed E-state index contributed by atoms with van der Waals surface area (Å²) in [4.78, 5) is 23.6. The van der Waals surface area contributed by atoms with Gasteiger partial charge in [0.1, 0.15) is 0 Å². The molecule has 0 atom stereocenters. The van der Waals surface area contributed by atoms with E-state index in [1.54, 1.807) is 30.3 Å². The van der Waals surface area contributed by atoms with E-state index >= 15 is 0 Å². The molecular weight excluding hydrogens is 403 g/mol. The Balaban J connectivity index is 1.86. The van der Waals surface area contributed by atoms with Crippen LogP contribution in [-0.2, 0) is 4.79 Å². The zero-order valence-corrected chi connectivity index (χ0v) is 13.8. The second-order valence-corrected chi connectivity index (χ2v) is 5.93. The summed E-state index contributed by atoms with van der Waals surface area (Å²) < 4.78 is 1.02. The Labute approximate surface area is 141 Å². The van der Waals surface area contributed by atoms with Gasteiger partial charge >= 0.3 is 0 Å². The average Bonchev–Trinajstić information content (AvgIpc) is 2.45. The van der Waals surface area contributed by atoms with E-state index < -0.39 is 0 Å². The number of rotatable bonds is 4. The molecule has 2 amide bonds. The van der Waals surface area contributed by atoms with Crippen LogP contribution in [0.1, 0.15) is 10.4 Å². The monoisotopic (exact) mass is 414 g/mol. The molecule has 0 saturated heterocycles. The molecule has 0 radical (unpaired) electrons. The fourth-order valence-electron chi connectivity index (χ4n) is 1.64. The molecular formula is C15H12ClIN2O2. The third-order valence-corrected chi connectivity index (χ3v) is 3.55. The van der Waals surface area contributed by atoms with Crippen LogP contribution in [0.4, 0.5) is 5.69 Å². The first kappa shape index (κ1) is 15.8. The topological polar surface area (TPSA) is 58.2 Å². The number of hydrogen-bond acceptors (Lipinski definition) is 2. The summed E-state index contributed by atoms with van der Waals surface area (Å²) in [6.45, 7) is -0.0903. The van der Waals surface area contributed by atoms with Gasteiger partial charge in [0.15, 0.2) is 0 Å². The molecule has 0 saturated carbocycles. The first-order valence-electron chi connectivity index (χ1n) is 6.14. The van der Waals surface area contributed by atoms with Crippen LogP contribution in [0.2, 0.25) is 5.02 Å². The minimum Gasteiger partial charge on any atom is -0.343 e. The first-order chi connectivity index (χ1) is 10.0. The van der Waals surface area contributed by atoms with Crippen molar-refractivity contribution in [1.82, 2.24) is 5.32 Å².